The molecule has 1 aromatic carbocycles. The topological polar surface area (TPSA) is 122 Å². The van der Waals surface area contributed by atoms with E-state index in [1.54, 1.807) is 18.2 Å². The molecule has 7 heteroatoms. The summed E-state index contributed by atoms with van der Waals surface area (Å²) in [7, 11) is 0. The standard InChI is InChI=1S/C12H14N2O5/c13-9(12(17)19-14)6-7-10(15)18-11(16)8-4-2-1-3-5-8/h1-5,9H,6-7,13-14H2/t9-/m0/s1. The Balaban J connectivity index is 2.40. The summed E-state index contributed by atoms with van der Waals surface area (Å²) in [6.07, 6.45) is -0.203. The number of hydrogen-bond donors (Lipinski definition) is 2. The minimum absolute atomic E-state index is 0.0169. The van der Waals surface area contributed by atoms with Crippen molar-refractivity contribution in [3.63, 3.8) is 0 Å². The smallest absolute Gasteiger partial charge is 0.345 e. The first-order valence-corrected chi connectivity index (χ1v) is 5.50. The van der Waals surface area contributed by atoms with E-state index in [0.29, 0.717) is 0 Å². The Hall–Kier alpha value is -2.25. The molecule has 1 atom stereocenters. The monoisotopic (exact) mass is 266 g/mol. The van der Waals surface area contributed by atoms with Crippen molar-refractivity contribution in [1.29, 1.82) is 0 Å². The van der Waals surface area contributed by atoms with Crippen LogP contribution in [0.1, 0.15) is 23.2 Å². The molecule has 0 saturated carbocycles. The maximum atomic E-state index is 11.5. The van der Waals surface area contributed by atoms with Crippen LogP contribution in [0, 0.1) is 0 Å². The first kappa shape index (κ1) is 14.8. The Labute approximate surface area is 109 Å². The van der Waals surface area contributed by atoms with Crippen LogP contribution in [0.4, 0.5) is 0 Å². The number of benzene rings is 1. The largest absolute Gasteiger partial charge is 0.389 e. The van der Waals surface area contributed by atoms with Crippen molar-refractivity contribution in [2.24, 2.45) is 11.6 Å². The molecule has 0 amide bonds. The maximum absolute atomic E-state index is 11.5. The molecule has 0 aliphatic carbocycles. The van der Waals surface area contributed by atoms with E-state index >= 15 is 0 Å². The van der Waals surface area contributed by atoms with E-state index in [9.17, 15) is 14.4 Å². The first-order chi connectivity index (χ1) is 9.04. The van der Waals surface area contributed by atoms with E-state index in [1.807, 2.05) is 0 Å². The molecule has 19 heavy (non-hydrogen) atoms. The van der Waals surface area contributed by atoms with Crippen molar-refractivity contribution in [3.8, 4) is 0 Å². The van der Waals surface area contributed by atoms with Gasteiger partial charge in [0.25, 0.3) is 0 Å². The van der Waals surface area contributed by atoms with Gasteiger partial charge in [0.2, 0.25) is 0 Å². The molecular weight excluding hydrogens is 252 g/mol. The molecule has 0 heterocycles. The van der Waals surface area contributed by atoms with Crippen LogP contribution in [0.25, 0.3) is 0 Å². The molecule has 0 fully saturated rings. The third-order valence-electron chi connectivity index (χ3n) is 2.29. The van der Waals surface area contributed by atoms with Crippen LogP contribution in [0.3, 0.4) is 0 Å². The lowest BCUT2D eigenvalue weighted by molar-refractivity contribution is -0.146. The summed E-state index contributed by atoms with van der Waals surface area (Å²) in [6.45, 7) is 0. The Bertz CT molecular complexity index is 460. The predicted octanol–water partition coefficient (Wildman–Crippen LogP) is -0.106. The summed E-state index contributed by atoms with van der Waals surface area (Å²) in [5.41, 5.74) is 5.64. The van der Waals surface area contributed by atoms with Crippen molar-refractivity contribution >= 4 is 17.9 Å². The zero-order valence-corrected chi connectivity index (χ0v) is 10.1. The first-order valence-electron chi connectivity index (χ1n) is 5.50. The highest BCUT2D eigenvalue weighted by Gasteiger charge is 2.18. The fourth-order valence-electron chi connectivity index (χ4n) is 1.27. The van der Waals surface area contributed by atoms with E-state index in [0.717, 1.165) is 0 Å². The normalized spacial score (nSPS) is 11.5. The van der Waals surface area contributed by atoms with Crippen molar-refractivity contribution in [2.75, 3.05) is 0 Å². The fourth-order valence-corrected chi connectivity index (χ4v) is 1.27. The number of carbonyl (C=O) groups excluding carboxylic acids is 3. The average Bonchev–Trinajstić information content (AvgIpc) is 2.44. The van der Waals surface area contributed by atoms with Crippen LogP contribution in [-0.2, 0) is 19.2 Å². The fraction of sp³-hybridized carbons (Fsp3) is 0.250. The van der Waals surface area contributed by atoms with Crippen LogP contribution in [0.15, 0.2) is 30.3 Å². The van der Waals surface area contributed by atoms with Crippen molar-refractivity contribution < 1.29 is 24.0 Å². The zero-order valence-electron chi connectivity index (χ0n) is 10.1. The number of esters is 2. The van der Waals surface area contributed by atoms with Crippen LogP contribution in [-0.4, -0.2) is 23.9 Å². The van der Waals surface area contributed by atoms with Gasteiger partial charge in [0.1, 0.15) is 6.04 Å². The lowest BCUT2D eigenvalue weighted by Gasteiger charge is -2.07. The molecular formula is C12H14N2O5. The van der Waals surface area contributed by atoms with E-state index in [-0.39, 0.29) is 18.4 Å². The molecule has 7 nitrogen and oxygen atoms in total. The van der Waals surface area contributed by atoms with Gasteiger partial charge in [-0.1, -0.05) is 18.2 Å². The third kappa shape index (κ3) is 4.86. The van der Waals surface area contributed by atoms with Gasteiger partial charge in [-0.25, -0.2) is 9.59 Å². The molecule has 0 aliphatic heterocycles. The van der Waals surface area contributed by atoms with Gasteiger partial charge in [0.15, 0.2) is 0 Å². The van der Waals surface area contributed by atoms with Gasteiger partial charge >= 0.3 is 17.9 Å². The molecule has 0 bridgehead atoms. The summed E-state index contributed by atoms with van der Waals surface area (Å²) >= 11 is 0. The Morgan fingerprint density at radius 2 is 1.79 bits per heavy atom. The molecule has 102 valence electrons. The Morgan fingerprint density at radius 3 is 2.37 bits per heavy atom. The lowest BCUT2D eigenvalue weighted by Crippen LogP contribution is -2.34. The van der Waals surface area contributed by atoms with Crippen molar-refractivity contribution in [1.82, 2.24) is 0 Å². The quantitative estimate of drug-likeness (QED) is 0.433. The summed E-state index contributed by atoms with van der Waals surface area (Å²) in [5.74, 6) is 2.29. The number of rotatable bonds is 5. The third-order valence-corrected chi connectivity index (χ3v) is 2.29. The highest BCUT2D eigenvalue weighted by molar-refractivity contribution is 5.96. The van der Waals surface area contributed by atoms with Crippen LogP contribution >= 0.6 is 0 Å². The Kier molecular flexibility index (Phi) is 5.65. The van der Waals surface area contributed by atoms with Gasteiger partial charge in [0, 0.05) is 6.42 Å². The second-order valence-corrected chi connectivity index (χ2v) is 3.71. The molecule has 0 radical (unpaired) electrons. The van der Waals surface area contributed by atoms with Crippen molar-refractivity contribution in [2.45, 2.75) is 18.9 Å². The molecule has 1 aromatic rings. The molecule has 0 aromatic heterocycles. The molecule has 0 unspecified atom stereocenters. The van der Waals surface area contributed by atoms with E-state index in [1.165, 1.54) is 12.1 Å². The highest BCUT2D eigenvalue weighted by atomic mass is 16.7. The van der Waals surface area contributed by atoms with E-state index < -0.39 is 23.9 Å². The molecule has 0 spiro atoms. The molecule has 0 saturated heterocycles. The number of carbonyl (C=O) groups is 3. The van der Waals surface area contributed by atoms with E-state index in [4.69, 9.17) is 5.73 Å². The minimum atomic E-state index is -1.02. The second-order valence-electron chi connectivity index (χ2n) is 3.71. The van der Waals surface area contributed by atoms with Gasteiger partial charge in [-0.05, 0) is 18.6 Å². The summed E-state index contributed by atoms with van der Waals surface area (Å²) in [5, 5.41) is 0. The van der Waals surface area contributed by atoms with Gasteiger partial charge in [-0.3, -0.25) is 4.79 Å². The van der Waals surface area contributed by atoms with Gasteiger partial charge < -0.3 is 15.3 Å². The van der Waals surface area contributed by atoms with Gasteiger partial charge in [-0.2, -0.15) is 5.90 Å². The molecule has 1 rings (SSSR count). The van der Waals surface area contributed by atoms with E-state index in [2.05, 4.69) is 15.5 Å². The van der Waals surface area contributed by atoms with Gasteiger partial charge in [0.05, 0.1) is 5.56 Å². The zero-order chi connectivity index (χ0) is 14.3. The average molecular weight is 266 g/mol. The number of nitrogens with two attached hydrogens (primary N) is 2. The van der Waals surface area contributed by atoms with Crippen molar-refractivity contribution in [3.05, 3.63) is 35.9 Å². The lowest BCUT2D eigenvalue weighted by atomic mass is 10.2. The molecule has 0 aliphatic rings. The predicted molar refractivity (Wildman–Crippen MR) is 64.4 cm³/mol. The summed E-state index contributed by atoms with van der Waals surface area (Å²) in [4.78, 5) is 37.7. The van der Waals surface area contributed by atoms with Crippen LogP contribution in [0.5, 0.6) is 0 Å². The number of hydrogen-bond acceptors (Lipinski definition) is 7. The number of ether oxygens (including phenoxy) is 1. The summed E-state index contributed by atoms with van der Waals surface area (Å²) < 4.78 is 4.58. The van der Waals surface area contributed by atoms with Crippen LogP contribution in [0.2, 0.25) is 0 Å². The SMILES string of the molecule is NOC(=O)[C@@H](N)CCC(=O)OC(=O)c1ccccc1. The minimum Gasteiger partial charge on any atom is -0.389 e. The Morgan fingerprint density at radius 1 is 1.16 bits per heavy atom. The molecule has 4 N–H and O–H groups in total. The summed E-state index contributed by atoms with van der Waals surface area (Å²) in [6, 6.07) is 7.04. The second kappa shape index (κ2) is 7.24. The van der Waals surface area contributed by atoms with Gasteiger partial charge in [-0.15, -0.1) is 0 Å². The maximum Gasteiger partial charge on any atom is 0.345 e. The highest BCUT2D eigenvalue weighted by Crippen LogP contribution is 2.04. The van der Waals surface area contributed by atoms with Crippen LogP contribution < -0.4 is 11.6 Å².